The molecule has 0 unspecified atom stereocenters. The van der Waals surface area contributed by atoms with Crippen LogP contribution in [0.2, 0.25) is 0 Å². The number of nitrogens with one attached hydrogen (secondary N) is 1. The van der Waals surface area contributed by atoms with Gasteiger partial charge in [0, 0.05) is 25.1 Å². The molecule has 0 bridgehead atoms. The van der Waals surface area contributed by atoms with Crippen molar-refractivity contribution in [1.82, 2.24) is 4.90 Å². The van der Waals surface area contributed by atoms with Crippen LogP contribution < -0.4 is 5.32 Å². The standard InChI is InChI=1S/C20H18N2O4/c23-18-10-15(14-7-3-4-8-16(14)21-18)19(24)22-11-13-6-2-1-5-12(13)9-17(22)20(25)26/h1-8,15,17H,9-11H2,(H,21,23)(H,25,26)/t15-,17+/m1/s1. The number of nitrogens with zero attached hydrogens (tertiary/aromatic N) is 1. The van der Waals surface area contributed by atoms with E-state index >= 15 is 0 Å². The SMILES string of the molecule is O=C1C[C@@H](C(=O)N2Cc3ccccc3C[C@H]2C(=O)O)c2ccccc2N1. The molecule has 0 aliphatic carbocycles. The molecule has 2 aliphatic heterocycles. The van der Waals surface area contributed by atoms with Gasteiger partial charge in [-0.2, -0.15) is 0 Å². The van der Waals surface area contributed by atoms with Crippen molar-refractivity contribution >= 4 is 23.5 Å². The van der Waals surface area contributed by atoms with E-state index in [2.05, 4.69) is 5.32 Å². The summed E-state index contributed by atoms with van der Waals surface area (Å²) in [5.41, 5.74) is 3.25. The maximum absolute atomic E-state index is 13.3. The number of benzene rings is 2. The predicted molar refractivity (Wildman–Crippen MR) is 94.5 cm³/mol. The summed E-state index contributed by atoms with van der Waals surface area (Å²) in [4.78, 5) is 38.5. The van der Waals surface area contributed by atoms with Gasteiger partial charge in [-0.15, -0.1) is 0 Å². The van der Waals surface area contributed by atoms with Gasteiger partial charge in [0.05, 0.1) is 5.92 Å². The van der Waals surface area contributed by atoms with Crippen LogP contribution in [0.4, 0.5) is 5.69 Å². The van der Waals surface area contributed by atoms with E-state index in [1.165, 1.54) is 4.90 Å². The van der Waals surface area contributed by atoms with E-state index in [4.69, 9.17) is 0 Å². The highest BCUT2D eigenvalue weighted by molar-refractivity contribution is 6.01. The Hall–Kier alpha value is -3.15. The first kappa shape index (κ1) is 16.3. The molecule has 132 valence electrons. The van der Waals surface area contributed by atoms with Gasteiger partial charge < -0.3 is 15.3 Å². The average molecular weight is 350 g/mol. The lowest BCUT2D eigenvalue weighted by atomic mass is 9.87. The minimum atomic E-state index is -1.03. The molecule has 6 nitrogen and oxygen atoms in total. The quantitative estimate of drug-likeness (QED) is 0.869. The van der Waals surface area contributed by atoms with Crippen LogP contribution in [-0.2, 0) is 27.3 Å². The lowest BCUT2D eigenvalue weighted by molar-refractivity contribution is -0.152. The third-order valence-electron chi connectivity index (χ3n) is 5.11. The van der Waals surface area contributed by atoms with Crippen molar-refractivity contribution in [2.24, 2.45) is 0 Å². The van der Waals surface area contributed by atoms with Gasteiger partial charge in [0.25, 0.3) is 0 Å². The summed E-state index contributed by atoms with van der Waals surface area (Å²) in [5, 5.41) is 12.4. The molecule has 0 fully saturated rings. The number of aliphatic carboxylic acids is 1. The fourth-order valence-corrected chi connectivity index (χ4v) is 3.81. The second-order valence-electron chi connectivity index (χ2n) is 6.69. The predicted octanol–water partition coefficient (Wildman–Crippen LogP) is 2.15. The summed E-state index contributed by atoms with van der Waals surface area (Å²) in [7, 11) is 0. The van der Waals surface area contributed by atoms with Crippen molar-refractivity contribution < 1.29 is 19.5 Å². The molecule has 0 aromatic heterocycles. The minimum Gasteiger partial charge on any atom is -0.480 e. The van der Waals surface area contributed by atoms with Crippen molar-refractivity contribution in [3.63, 3.8) is 0 Å². The Labute approximate surface area is 150 Å². The smallest absolute Gasteiger partial charge is 0.326 e. The molecule has 2 heterocycles. The fraction of sp³-hybridized carbons (Fsp3) is 0.250. The maximum atomic E-state index is 13.3. The number of hydrogen-bond acceptors (Lipinski definition) is 3. The van der Waals surface area contributed by atoms with E-state index in [9.17, 15) is 19.5 Å². The zero-order chi connectivity index (χ0) is 18.3. The van der Waals surface area contributed by atoms with Gasteiger partial charge in [-0.3, -0.25) is 9.59 Å². The lowest BCUT2D eigenvalue weighted by Gasteiger charge is -2.37. The van der Waals surface area contributed by atoms with Crippen molar-refractivity contribution in [2.45, 2.75) is 31.3 Å². The molecule has 0 spiro atoms. The Morgan fingerprint density at radius 3 is 2.46 bits per heavy atom. The highest BCUT2D eigenvalue weighted by Crippen LogP contribution is 2.35. The van der Waals surface area contributed by atoms with Gasteiger partial charge in [0.1, 0.15) is 6.04 Å². The van der Waals surface area contributed by atoms with E-state index < -0.39 is 17.9 Å². The summed E-state index contributed by atoms with van der Waals surface area (Å²) in [6, 6.07) is 13.8. The number of carbonyl (C=O) groups excluding carboxylic acids is 2. The van der Waals surface area contributed by atoms with Gasteiger partial charge in [0.2, 0.25) is 11.8 Å². The summed E-state index contributed by atoms with van der Waals surface area (Å²) in [6.07, 6.45) is 0.304. The number of fused-ring (bicyclic) bond motifs is 2. The number of anilines is 1. The largest absolute Gasteiger partial charge is 0.480 e. The number of rotatable bonds is 2. The lowest BCUT2D eigenvalue weighted by Crippen LogP contribution is -2.51. The summed E-state index contributed by atoms with van der Waals surface area (Å²) in [6.45, 7) is 0.242. The molecule has 4 rings (SSSR count). The molecule has 2 aliphatic rings. The first-order valence-corrected chi connectivity index (χ1v) is 8.53. The van der Waals surface area contributed by atoms with Crippen molar-refractivity contribution in [1.29, 1.82) is 0 Å². The Kier molecular flexibility index (Phi) is 3.95. The summed E-state index contributed by atoms with van der Waals surface area (Å²) in [5.74, 6) is -2.23. The Balaban J connectivity index is 1.71. The van der Waals surface area contributed by atoms with Crippen molar-refractivity contribution in [3.8, 4) is 0 Å². The zero-order valence-electron chi connectivity index (χ0n) is 14.0. The van der Waals surface area contributed by atoms with E-state index in [1.807, 2.05) is 36.4 Å². The molecule has 2 amide bonds. The van der Waals surface area contributed by atoms with E-state index in [0.29, 0.717) is 5.69 Å². The number of carboxylic acids is 1. The molecular formula is C20H18N2O4. The molecule has 6 heteroatoms. The van der Waals surface area contributed by atoms with Crippen LogP contribution in [0.5, 0.6) is 0 Å². The zero-order valence-corrected chi connectivity index (χ0v) is 14.0. The number of amides is 2. The van der Waals surface area contributed by atoms with Crippen LogP contribution >= 0.6 is 0 Å². The van der Waals surface area contributed by atoms with Crippen molar-refractivity contribution in [2.75, 3.05) is 5.32 Å². The molecule has 0 saturated carbocycles. The van der Waals surface area contributed by atoms with Gasteiger partial charge in [0.15, 0.2) is 0 Å². The third kappa shape index (κ3) is 2.73. The average Bonchev–Trinajstić information content (AvgIpc) is 2.65. The second kappa shape index (κ2) is 6.29. The highest BCUT2D eigenvalue weighted by atomic mass is 16.4. The number of para-hydroxylation sites is 1. The molecule has 2 N–H and O–H groups in total. The molecule has 26 heavy (non-hydrogen) atoms. The summed E-state index contributed by atoms with van der Waals surface area (Å²) < 4.78 is 0. The van der Waals surface area contributed by atoms with Gasteiger partial charge in [-0.05, 0) is 22.8 Å². The monoisotopic (exact) mass is 350 g/mol. The molecule has 2 atom stereocenters. The van der Waals surface area contributed by atoms with Gasteiger partial charge in [-0.25, -0.2) is 4.79 Å². The summed E-state index contributed by atoms with van der Waals surface area (Å²) >= 11 is 0. The Morgan fingerprint density at radius 2 is 1.69 bits per heavy atom. The first-order valence-electron chi connectivity index (χ1n) is 8.53. The molecule has 2 aromatic rings. The van der Waals surface area contributed by atoms with Crippen LogP contribution in [0.15, 0.2) is 48.5 Å². The van der Waals surface area contributed by atoms with E-state index in [0.717, 1.165) is 16.7 Å². The van der Waals surface area contributed by atoms with E-state index in [-0.39, 0.29) is 31.2 Å². The van der Waals surface area contributed by atoms with Crippen LogP contribution in [0, 0.1) is 0 Å². The van der Waals surface area contributed by atoms with Crippen molar-refractivity contribution in [3.05, 3.63) is 65.2 Å². The topological polar surface area (TPSA) is 86.7 Å². The van der Waals surface area contributed by atoms with Crippen LogP contribution in [0.25, 0.3) is 0 Å². The van der Waals surface area contributed by atoms with Gasteiger partial charge in [-0.1, -0.05) is 42.5 Å². The molecule has 2 aromatic carbocycles. The van der Waals surface area contributed by atoms with Crippen LogP contribution in [-0.4, -0.2) is 33.8 Å². The fourth-order valence-electron chi connectivity index (χ4n) is 3.81. The third-order valence-corrected chi connectivity index (χ3v) is 5.11. The number of carboxylic acid groups (broad SMARTS) is 1. The Morgan fingerprint density at radius 1 is 1.00 bits per heavy atom. The first-order chi connectivity index (χ1) is 12.5. The van der Waals surface area contributed by atoms with Crippen LogP contribution in [0.3, 0.4) is 0 Å². The maximum Gasteiger partial charge on any atom is 0.326 e. The number of carbonyl (C=O) groups is 3. The number of hydrogen-bond donors (Lipinski definition) is 2. The molecular weight excluding hydrogens is 332 g/mol. The molecule has 0 saturated heterocycles. The highest BCUT2D eigenvalue weighted by Gasteiger charge is 2.40. The normalized spacial score (nSPS) is 21.4. The Bertz CT molecular complexity index is 908. The van der Waals surface area contributed by atoms with Crippen LogP contribution in [0.1, 0.15) is 29.0 Å². The van der Waals surface area contributed by atoms with E-state index in [1.54, 1.807) is 12.1 Å². The van der Waals surface area contributed by atoms with Gasteiger partial charge >= 0.3 is 5.97 Å². The minimum absolute atomic E-state index is 0.0281. The molecule has 0 radical (unpaired) electrons. The second-order valence-corrected chi connectivity index (χ2v) is 6.69.